The number of halogens is 1. The topological polar surface area (TPSA) is 76.7 Å². The van der Waals surface area contributed by atoms with Crippen molar-refractivity contribution in [3.05, 3.63) is 52.0 Å². The Morgan fingerprint density at radius 2 is 2.15 bits per heavy atom. The predicted octanol–water partition coefficient (Wildman–Crippen LogP) is 3.35. The van der Waals surface area contributed by atoms with Gasteiger partial charge in [-0.2, -0.15) is 0 Å². The maximum absolute atomic E-state index is 12.4. The number of aryl methyl sites for hydroxylation is 1. The normalized spacial score (nSPS) is 17.8. The summed E-state index contributed by atoms with van der Waals surface area (Å²) in [5, 5.41) is 5.85. The molecule has 0 radical (unpaired) electrons. The van der Waals surface area contributed by atoms with Crippen LogP contribution in [-0.4, -0.2) is 25.0 Å². The molecular formula is C20H19BrN2O4. The first-order valence-electron chi connectivity index (χ1n) is 8.86. The van der Waals surface area contributed by atoms with E-state index in [1.54, 1.807) is 6.07 Å². The zero-order valence-electron chi connectivity index (χ0n) is 14.6. The number of amides is 2. The first-order valence-corrected chi connectivity index (χ1v) is 9.65. The molecule has 0 bridgehead atoms. The lowest BCUT2D eigenvalue weighted by Crippen LogP contribution is -2.35. The summed E-state index contributed by atoms with van der Waals surface area (Å²) in [4.78, 5) is 23.8. The van der Waals surface area contributed by atoms with Crippen LogP contribution in [0.5, 0.6) is 11.5 Å². The van der Waals surface area contributed by atoms with Gasteiger partial charge in [0, 0.05) is 28.6 Å². The van der Waals surface area contributed by atoms with Gasteiger partial charge in [0.25, 0.3) is 5.91 Å². The minimum Gasteiger partial charge on any atom is -0.493 e. The fourth-order valence-electron chi connectivity index (χ4n) is 3.35. The van der Waals surface area contributed by atoms with Crippen molar-refractivity contribution in [3.8, 4) is 11.5 Å². The van der Waals surface area contributed by atoms with Gasteiger partial charge in [-0.3, -0.25) is 9.59 Å². The van der Waals surface area contributed by atoms with Crippen LogP contribution in [0, 0.1) is 0 Å². The van der Waals surface area contributed by atoms with Crippen molar-refractivity contribution in [2.24, 2.45) is 0 Å². The Kier molecular flexibility index (Phi) is 5.03. The highest BCUT2D eigenvalue weighted by molar-refractivity contribution is 9.10. The summed E-state index contributed by atoms with van der Waals surface area (Å²) in [6.07, 6.45) is 1.86. The summed E-state index contributed by atoms with van der Waals surface area (Å²) < 4.78 is 12.2. The standard InChI is InChI=1S/C20H19BrN2O4/c21-13-2-5-18-15(10-13)17(7-8-26-18)23-20(25)11-27-14-3-4-16-12(9-14)1-6-19(24)22-16/h2-5,9-10,17H,1,6-8,11H2,(H,22,24)(H,23,25). The second kappa shape index (κ2) is 7.60. The first kappa shape index (κ1) is 17.9. The lowest BCUT2D eigenvalue weighted by molar-refractivity contribution is -0.124. The van der Waals surface area contributed by atoms with Gasteiger partial charge in [0.15, 0.2) is 6.61 Å². The van der Waals surface area contributed by atoms with Gasteiger partial charge in [-0.05, 0) is 48.4 Å². The summed E-state index contributed by atoms with van der Waals surface area (Å²) in [6.45, 7) is 0.503. The van der Waals surface area contributed by atoms with E-state index in [1.165, 1.54) is 0 Å². The molecule has 2 heterocycles. The third kappa shape index (κ3) is 4.08. The molecule has 2 aliphatic rings. The molecule has 1 atom stereocenters. The average molecular weight is 431 g/mol. The fourth-order valence-corrected chi connectivity index (χ4v) is 3.73. The number of nitrogens with one attached hydrogen (secondary N) is 2. The maximum Gasteiger partial charge on any atom is 0.258 e. The highest BCUT2D eigenvalue weighted by Gasteiger charge is 2.23. The van der Waals surface area contributed by atoms with Crippen molar-refractivity contribution >= 4 is 33.4 Å². The van der Waals surface area contributed by atoms with E-state index in [1.807, 2.05) is 30.3 Å². The first-order chi connectivity index (χ1) is 13.1. The highest BCUT2D eigenvalue weighted by atomic mass is 79.9. The Hall–Kier alpha value is -2.54. The number of hydrogen-bond donors (Lipinski definition) is 2. The number of rotatable bonds is 4. The Morgan fingerprint density at radius 1 is 1.26 bits per heavy atom. The number of carbonyl (C=O) groups is 2. The van der Waals surface area contributed by atoms with Crippen molar-refractivity contribution in [2.75, 3.05) is 18.5 Å². The zero-order valence-corrected chi connectivity index (χ0v) is 16.2. The second-order valence-corrected chi connectivity index (χ2v) is 7.51. The monoisotopic (exact) mass is 430 g/mol. The number of benzene rings is 2. The molecule has 7 heteroatoms. The zero-order chi connectivity index (χ0) is 18.8. The summed E-state index contributed by atoms with van der Waals surface area (Å²) >= 11 is 3.46. The smallest absolute Gasteiger partial charge is 0.258 e. The lowest BCUT2D eigenvalue weighted by Gasteiger charge is -2.27. The molecule has 2 aromatic rings. The molecule has 0 aliphatic carbocycles. The van der Waals surface area contributed by atoms with Crippen molar-refractivity contribution in [2.45, 2.75) is 25.3 Å². The third-order valence-corrected chi connectivity index (χ3v) is 5.18. The molecular weight excluding hydrogens is 412 g/mol. The molecule has 0 fully saturated rings. The molecule has 2 amide bonds. The SMILES string of the molecule is O=C1CCc2cc(OCC(=O)NC3CCOc4ccc(Br)cc43)ccc2N1. The minimum atomic E-state index is -0.182. The molecule has 27 heavy (non-hydrogen) atoms. The van der Waals surface area contributed by atoms with Gasteiger partial charge >= 0.3 is 0 Å². The van der Waals surface area contributed by atoms with E-state index in [2.05, 4.69) is 26.6 Å². The summed E-state index contributed by atoms with van der Waals surface area (Å²) in [7, 11) is 0. The van der Waals surface area contributed by atoms with Crippen LogP contribution in [-0.2, 0) is 16.0 Å². The maximum atomic E-state index is 12.4. The van der Waals surface area contributed by atoms with Gasteiger partial charge in [0.2, 0.25) is 5.91 Å². The Bertz CT molecular complexity index is 900. The molecule has 0 aromatic heterocycles. The van der Waals surface area contributed by atoms with Crippen LogP contribution in [0.1, 0.15) is 30.0 Å². The largest absolute Gasteiger partial charge is 0.493 e. The highest BCUT2D eigenvalue weighted by Crippen LogP contribution is 2.34. The van der Waals surface area contributed by atoms with Gasteiger partial charge < -0.3 is 20.1 Å². The molecule has 2 aromatic carbocycles. The van der Waals surface area contributed by atoms with Crippen LogP contribution in [0.15, 0.2) is 40.9 Å². The molecule has 2 N–H and O–H groups in total. The lowest BCUT2D eigenvalue weighted by atomic mass is 10.0. The van der Waals surface area contributed by atoms with E-state index < -0.39 is 0 Å². The van der Waals surface area contributed by atoms with Gasteiger partial charge in [0.1, 0.15) is 11.5 Å². The summed E-state index contributed by atoms with van der Waals surface area (Å²) in [5.41, 5.74) is 2.80. The molecule has 6 nitrogen and oxygen atoms in total. The van der Waals surface area contributed by atoms with Crippen LogP contribution < -0.4 is 20.1 Å². The Labute approximate surface area is 165 Å². The van der Waals surface area contributed by atoms with Gasteiger partial charge in [0.05, 0.1) is 12.6 Å². The van der Waals surface area contributed by atoms with Crippen LogP contribution in [0.2, 0.25) is 0 Å². The molecule has 0 spiro atoms. The molecule has 4 rings (SSSR count). The number of fused-ring (bicyclic) bond motifs is 2. The van der Waals surface area contributed by atoms with E-state index in [9.17, 15) is 9.59 Å². The number of anilines is 1. The van der Waals surface area contributed by atoms with Crippen LogP contribution in [0.25, 0.3) is 0 Å². The molecule has 0 saturated heterocycles. The molecule has 1 unspecified atom stereocenters. The van der Waals surface area contributed by atoms with E-state index in [0.717, 1.165) is 27.0 Å². The predicted molar refractivity (Wildman–Crippen MR) is 104 cm³/mol. The van der Waals surface area contributed by atoms with Crippen molar-refractivity contribution in [1.82, 2.24) is 5.32 Å². The number of ether oxygens (including phenoxy) is 2. The van der Waals surface area contributed by atoms with E-state index in [-0.39, 0.29) is 24.5 Å². The Balaban J connectivity index is 1.37. The van der Waals surface area contributed by atoms with E-state index in [4.69, 9.17) is 9.47 Å². The van der Waals surface area contributed by atoms with Crippen molar-refractivity contribution < 1.29 is 19.1 Å². The summed E-state index contributed by atoms with van der Waals surface area (Å²) in [5.74, 6) is 1.26. The molecule has 2 aliphatic heterocycles. The number of hydrogen-bond acceptors (Lipinski definition) is 4. The van der Waals surface area contributed by atoms with Crippen LogP contribution >= 0.6 is 15.9 Å². The van der Waals surface area contributed by atoms with E-state index in [0.29, 0.717) is 31.6 Å². The van der Waals surface area contributed by atoms with Crippen LogP contribution in [0.4, 0.5) is 5.69 Å². The third-order valence-electron chi connectivity index (χ3n) is 4.69. The second-order valence-electron chi connectivity index (χ2n) is 6.60. The number of carbonyl (C=O) groups excluding carboxylic acids is 2. The van der Waals surface area contributed by atoms with Gasteiger partial charge in [-0.15, -0.1) is 0 Å². The van der Waals surface area contributed by atoms with Crippen molar-refractivity contribution in [3.63, 3.8) is 0 Å². The van der Waals surface area contributed by atoms with Crippen molar-refractivity contribution in [1.29, 1.82) is 0 Å². The van der Waals surface area contributed by atoms with E-state index >= 15 is 0 Å². The van der Waals surface area contributed by atoms with Gasteiger partial charge in [-0.1, -0.05) is 15.9 Å². The molecule has 0 saturated carbocycles. The van der Waals surface area contributed by atoms with Gasteiger partial charge in [-0.25, -0.2) is 0 Å². The Morgan fingerprint density at radius 3 is 3.04 bits per heavy atom. The molecule has 140 valence electrons. The van der Waals surface area contributed by atoms with Crippen LogP contribution in [0.3, 0.4) is 0 Å². The quantitative estimate of drug-likeness (QED) is 0.779. The minimum absolute atomic E-state index is 0.0268. The summed E-state index contributed by atoms with van der Waals surface area (Å²) in [6, 6.07) is 11.2. The fraction of sp³-hybridized carbons (Fsp3) is 0.300. The average Bonchev–Trinajstić information content (AvgIpc) is 2.67.